The van der Waals surface area contributed by atoms with Crippen molar-refractivity contribution in [2.45, 2.75) is 36.3 Å². The summed E-state index contributed by atoms with van der Waals surface area (Å²) in [6, 6.07) is 32.1. The molecule has 264 valence electrons. The van der Waals surface area contributed by atoms with E-state index in [2.05, 4.69) is 22.9 Å². The second kappa shape index (κ2) is 16.9. The van der Waals surface area contributed by atoms with Crippen molar-refractivity contribution in [1.29, 1.82) is 0 Å². The average molecular weight is 750 g/mol. The molecule has 0 saturated carbocycles. The third kappa shape index (κ3) is 9.00. The number of anilines is 2. The Labute approximate surface area is 315 Å². The van der Waals surface area contributed by atoms with Gasteiger partial charge in [0.2, 0.25) is 5.91 Å². The summed E-state index contributed by atoms with van der Waals surface area (Å²) in [5, 5.41) is 9.06. The molecule has 1 aliphatic rings. The third-order valence-corrected chi connectivity index (χ3v) is 11.2. The van der Waals surface area contributed by atoms with Gasteiger partial charge in [0.1, 0.15) is 15.9 Å². The van der Waals surface area contributed by atoms with Crippen LogP contribution in [-0.4, -0.2) is 30.8 Å². The highest BCUT2D eigenvalue weighted by molar-refractivity contribution is 8.00. The van der Waals surface area contributed by atoms with E-state index >= 15 is 0 Å². The van der Waals surface area contributed by atoms with Crippen LogP contribution in [0.15, 0.2) is 120 Å². The van der Waals surface area contributed by atoms with Gasteiger partial charge in [0, 0.05) is 26.0 Å². The van der Waals surface area contributed by atoms with Crippen molar-refractivity contribution in [2.75, 3.05) is 17.7 Å². The quantitative estimate of drug-likeness (QED) is 0.0705. The van der Waals surface area contributed by atoms with E-state index in [1.54, 1.807) is 78.9 Å². The van der Waals surface area contributed by atoms with Gasteiger partial charge in [0.25, 0.3) is 11.8 Å². The van der Waals surface area contributed by atoms with E-state index in [0.29, 0.717) is 43.2 Å². The number of thioether (sulfide) groups is 1. The highest BCUT2D eigenvalue weighted by Crippen LogP contribution is 2.42. The van der Waals surface area contributed by atoms with Crippen molar-refractivity contribution in [2.24, 2.45) is 5.92 Å². The lowest BCUT2D eigenvalue weighted by Gasteiger charge is -2.18. The standard InChI is InChI=1S/C41H36ClN3O5S2/c1-25-16-21-32-34(22-25)52-40(35(32)41(49)50-2)45-39(48)36(27-10-5-3-6-11-27)51-31-15-9-14-30(24-31)43-38(47)33(23-26-17-19-29(42)20-18-26)44-37(46)28-12-7-4-8-13-28/h3-15,17-20,23-25,36H,16,21-22H2,1-2H3,(H,43,47)(H,44,46)(H,45,48)/b33-23+. The van der Waals surface area contributed by atoms with E-state index in [4.69, 9.17) is 16.3 Å². The van der Waals surface area contributed by atoms with Crippen LogP contribution in [0.25, 0.3) is 6.08 Å². The molecule has 1 aliphatic carbocycles. The first kappa shape index (κ1) is 36.6. The Morgan fingerprint density at radius 1 is 0.904 bits per heavy atom. The number of hydrogen-bond acceptors (Lipinski definition) is 7. The second-order valence-corrected chi connectivity index (χ2v) is 15.1. The number of fused-ring (bicyclic) bond motifs is 1. The number of esters is 1. The smallest absolute Gasteiger partial charge is 0.341 e. The Morgan fingerprint density at radius 3 is 2.33 bits per heavy atom. The first-order chi connectivity index (χ1) is 25.2. The molecule has 1 heterocycles. The summed E-state index contributed by atoms with van der Waals surface area (Å²) >= 11 is 8.82. The lowest BCUT2D eigenvalue weighted by molar-refractivity contribution is -0.116. The minimum Gasteiger partial charge on any atom is -0.465 e. The molecule has 2 atom stereocenters. The normalized spacial score (nSPS) is 14.4. The van der Waals surface area contributed by atoms with E-state index in [0.717, 1.165) is 35.3 Å². The first-order valence-corrected chi connectivity index (χ1v) is 18.8. The SMILES string of the molecule is COC(=O)c1c(NC(=O)C(Sc2cccc(NC(=O)/C(=C\c3ccc(Cl)cc3)NC(=O)c3ccccc3)c2)c2ccccc2)sc2c1CCC(C)C2. The average Bonchev–Trinajstić information content (AvgIpc) is 3.51. The van der Waals surface area contributed by atoms with Crippen molar-refractivity contribution in [3.63, 3.8) is 0 Å². The largest absolute Gasteiger partial charge is 0.465 e. The molecule has 1 aromatic heterocycles. The Balaban J connectivity index is 1.25. The zero-order valence-electron chi connectivity index (χ0n) is 28.5. The molecule has 0 bridgehead atoms. The van der Waals surface area contributed by atoms with E-state index < -0.39 is 23.0 Å². The van der Waals surface area contributed by atoms with Crippen LogP contribution in [0.3, 0.4) is 0 Å². The minimum absolute atomic E-state index is 0.0326. The molecule has 6 rings (SSSR count). The van der Waals surface area contributed by atoms with Crippen LogP contribution in [0.2, 0.25) is 5.02 Å². The zero-order chi connectivity index (χ0) is 36.6. The fourth-order valence-electron chi connectivity index (χ4n) is 5.88. The van der Waals surface area contributed by atoms with Crippen molar-refractivity contribution in [1.82, 2.24) is 5.32 Å². The number of nitrogens with one attached hydrogen (secondary N) is 3. The Hall–Kier alpha value is -5.16. The van der Waals surface area contributed by atoms with E-state index in [9.17, 15) is 19.2 Å². The topological polar surface area (TPSA) is 114 Å². The summed E-state index contributed by atoms with van der Waals surface area (Å²) in [6.07, 6.45) is 4.15. The van der Waals surface area contributed by atoms with Gasteiger partial charge in [0.15, 0.2) is 0 Å². The van der Waals surface area contributed by atoms with E-state index in [-0.39, 0.29) is 11.6 Å². The Kier molecular flexibility index (Phi) is 11.9. The molecule has 0 saturated heterocycles. The van der Waals surface area contributed by atoms with Crippen LogP contribution < -0.4 is 16.0 Å². The summed E-state index contributed by atoms with van der Waals surface area (Å²) in [5.74, 6) is -1.23. The molecule has 8 nitrogen and oxygen atoms in total. The molecule has 0 fully saturated rings. The van der Waals surface area contributed by atoms with Crippen molar-refractivity contribution in [3.05, 3.63) is 153 Å². The number of methoxy groups -OCH3 is 1. The van der Waals surface area contributed by atoms with Gasteiger partial charge in [0.05, 0.1) is 12.7 Å². The summed E-state index contributed by atoms with van der Waals surface area (Å²) in [5.41, 5.74) is 3.73. The number of thiophene rings is 1. The van der Waals surface area contributed by atoms with Gasteiger partial charge in [-0.3, -0.25) is 14.4 Å². The summed E-state index contributed by atoms with van der Waals surface area (Å²) in [6.45, 7) is 2.19. The molecule has 0 spiro atoms. The van der Waals surface area contributed by atoms with Gasteiger partial charge in [-0.25, -0.2) is 4.79 Å². The van der Waals surface area contributed by atoms with E-state index in [1.807, 2.05) is 36.4 Å². The van der Waals surface area contributed by atoms with Gasteiger partial charge in [-0.15, -0.1) is 23.1 Å². The maximum absolute atomic E-state index is 14.1. The summed E-state index contributed by atoms with van der Waals surface area (Å²) in [4.78, 5) is 55.7. The molecular formula is C41H36ClN3O5S2. The van der Waals surface area contributed by atoms with Crippen LogP contribution in [0, 0.1) is 5.92 Å². The predicted molar refractivity (Wildman–Crippen MR) is 209 cm³/mol. The number of halogens is 1. The molecule has 3 amide bonds. The third-order valence-electron chi connectivity index (χ3n) is 8.53. The molecule has 3 N–H and O–H groups in total. The number of hydrogen-bond donors (Lipinski definition) is 3. The van der Waals surface area contributed by atoms with Crippen molar-refractivity contribution >= 4 is 75.2 Å². The van der Waals surface area contributed by atoms with Crippen molar-refractivity contribution in [3.8, 4) is 0 Å². The van der Waals surface area contributed by atoms with Gasteiger partial charge in [-0.1, -0.05) is 85.3 Å². The number of ether oxygens (including phenoxy) is 1. The molecule has 2 unspecified atom stereocenters. The van der Waals surface area contributed by atoms with Gasteiger partial charge >= 0.3 is 5.97 Å². The molecule has 0 aliphatic heterocycles. The summed E-state index contributed by atoms with van der Waals surface area (Å²) < 4.78 is 5.14. The molecule has 11 heteroatoms. The van der Waals surface area contributed by atoms with Gasteiger partial charge in [-0.2, -0.15) is 0 Å². The van der Waals surface area contributed by atoms with Crippen molar-refractivity contribution < 1.29 is 23.9 Å². The van der Waals surface area contributed by atoms with Crippen LogP contribution in [-0.2, 0) is 27.2 Å². The predicted octanol–water partition coefficient (Wildman–Crippen LogP) is 9.19. The monoisotopic (exact) mass is 749 g/mol. The fraction of sp³-hybridized carbons (Fsp3) is 0.171. The number of carbonyl (C=O) groups is 4. The highest BCUT2D eigenvalue weighted by atomic mass is 35.5. The zero-order valence-corrected chi connectivity index (χ0v) is 30.9. The van der Waals surface area contributed by atoms with Gasteiger partial charge in [-0.05, 0) is 90.4 Å². The Bertz CT molecular complexity index is 2120. The number of amides is 3. The molecule has 0 radical (unpaired) electrons. The lowest BCUT2D eigenvalue weighted by atomic mass is 9.88. The van der Waals surface area contributed by atoms with Crippen LogP contribution in [0.4, 0.5) is 10.7 Å². The minimum atomic E-state index is -0.693. The number of carbonyl (C=O) groups excluding carboxylic acids is 4. The fourth-order valence-corrected chi connectivity index (χ4v) is 8.50. The lowest BCUT2D eigenvalue weighted by Crippen LogP contribution is -2.30. The van der Waals surface area contributed by atoms with Gasteiger partial charge < -0.3 is 20.7 Å². The molecular weight excluding hydrogens is 714 g/mol. The molecule has 4 aromatic carbocycles. The second-order valence-electron chi connectivity index (χ2n) is 12.4. The Morgan fingerprint density at radius 2 is 1.62 bits per heavy atom. The van der Waals surface area contributed by atoms with Crippen LogP contribution in [0.5, 0.6) is 0 Å². The number of benzene rings is 4. The van der Waals surface area contributed by atoms with E-state index in [1.165, 1.54) is 30.2 Å². The van der Waals surface area contributed by atoms with Crippen LogP contribution in [0.1, 0.15) is 60.9 Å². The van der Waals surface area contributed by atoms with Crippen LogP contribution >= 0.6 is 34.7 Å². The maximum atomic E-state index is 14.1. The number of rotatable bonds is 11. The summed E-state index contributed by atoms with van der Waals surface area (Å²) in [7, 11) is 1.35. The first-order valence-electron chi connectivity index (χ1n) is 16.7. The molecule has 5 aromatic rings. The molecule has 52 heavy (non-hydrogen) atoms. The maximum Gasteiger partial charge on any atom is 0.341 e. The highest BCUT2D eigenvalue weighted by Gasteiger charge is 2.31.